The van der Waals surface area contributed by atoms with Crippen molar-refractivity contribution in [1.82, 2.24) is 0 Å². The normalized spacial score (nSPS) is 10.6. The number of ketones is 2. The Morgan fingerprint density at radius 1 is 0.700 bits per heavy atom. The second-order valence-corrected chi connectivity index (χ2v) is 13.8. The quantitative estimate of drug-likeness (QED) is 0.101. The summed E-state index contributed by atoms with van der Waals surface area (Å²) in [4.78, 5) is 45.6. The average molecular weight is 696 g/mol. The van der Waals surface area contributed by atoms with Crippen LogP contribution in [0.5, 0.6) is 0 Å². The van der Waals surface area contributed by atoms with Crippen LogP contribution >= 0.6 is 92.6 Å². The van der Waals surface area contributed by atoms with Gasteiger partial charge in [0.15, 0.2) is 11.6 Å². The second-order valence-electron chi connectivity index (χ2n) is 7.50. The largest absolute Gasteiger partial charge is 0.294 e. The van der Waals surface area contributed by atoms with Gasteiger partial charge in [-0.15, -0.1) is 22.7 Å². The van der Waals surface area contributed by atoms with E-state index in [1.54, 1.807) is 36.4 Å². The summed E-state index contributed by atoms with van der Waals surface area (Å²) in [7, 11) is 0. The molecule has 0 radical (unpaired) electrons. The van der Waals surface area contributed by atoms with E-state index in [0.717, 1.165) is 46.2 Å². The zero-order valence-corrected chi connectivity index (χ0v) is 26.4. The van der Waals surface area contributed by atoms with Gasteiger partial charge in [0.1, 0.15) is 8.42 Å². The first-order valence-corrected chi connectivity index (χ1v) is 15.4. The van der Waals surface area contributed by atoms with Crippen LogP contribution in [-0.2, 0) is 0 Å². The SMILES string of the molecule is CC(=O)c1cc([N+](=O)[O-])c(Sc2cccc(Cl)c2Cl)s1.CC(=O)c1cc([N+](=O)[O-])c(Sc2cccc(Cl)c2Cl)s1. The van der Waals surface area contributed by atoms with Gasteiger partial charge in [0.05, 0.1) is 39.7 Å². The van der Waals surface area contributed by atoms with E-state index in [0.29, 0.717) is 48.1 Å². The summed E-state index contributed by atoms with van der Waals surface area (Å²) in [6.07, 6.45) is 0. The van der Waals surface area contributed by atoms with Crippen LogP contribution in [-0.4, -0.2) is 21.4 Å². The summed E-state index contributed by atoms with van der Waals surface area (Å²) in [5.41, 5.74) is -0.192. The van der Waals surface area contributed by atoms with Crippen molar-refractivity contribution < 1.29 is 19.4 Å². The highest BCUT2D eigenvalue weighted by Crippen LogP contribution is 2.46. The standard InChI is InChI=1S/2C12H7Cl2NO3S2/c2*1-6(16)10-5-8(15(17)18)12(20-10)19-9-4-2-3-7(13)11(9)14/h2*2-5H,1H3. The van der Waals surface area contributed by atoms with E-state index in [4.69, 9.17) is 46.4 Å². The van der Waals surface area contributed by atoms with Crippen LogP contribution in [0.3, 0.4) is 0 Å². The summed E-state index contributed by atoms with van der Waals surface area (Å²) in [5.74, 6) is -0.413. The van der Waals surface area contributed by atoms with Gasteiger partial charge < -0.3 is 0 Å². The lowest BCUT2D eigenvalue weighted by Gasteiger charge is -2.03. The molecule has 0 N–H and O–H groups in total. The second kappa shape index (κ2) is 14.1. The monoisotopic (exact) mass is 694 g/mol. The molecule has 0 fully saturated rings. The fourth-order valence-electron chi connectivity index (χ4n) is 2.80. The van der Waals surface area contributed by atoms with E-state index in [2.05, 4.69) is 0 Å². The predicted molar refractivity (Wildman–Crippen MR) is 163 cm³/mol. The summed E-state index contributed by atoms with van der Waals surface area (Å²) < 4.78 is 0.814. The topological polar surface area (TPSA) is 120 Å². The molecule has 2 aromatic carbocycles. The number of hydrogen-bond donors (Lipinski definition) is 0. The molecule has 0 saturated heterocycles. The van der Waals surface area contributed by atoms with E-state index in [-0.39, 0.29) is 22.9 Å². The number of hydrogen-bond acceptors (Lipinski definition) is 10. The third-order valence-electron chi connectivity index (χ3n) is 4.68. The third-order valence-corrected chi connectivity index (χ3v) is 11.5. The first-order chi connectivity index (χ1) is 18.8. The Bertz CT molecular complexity index is 1520. The molecule has 0 saturated carbocycles. The molecule has 8 nitrogen and oxygen atoms in total. The van der Waals surface area contributed by atoms with Crippen LogP contribution in [0.4, 0.5) is 11.4 Å². The lowest BCUT2D eigenvalue weighted by Crippen LogP contribution is -1.88. The van der Waals surface area contributed by atoms with E-state index >= 15 is 0 Å². The van der Waals surface area contributed by atoms with Crippen LogP contribution in [0.1, 0.15) is 33.2 Å². The van der Waals surface area contributed by atoms with Crippen molar-refractivity contribution in [2.45, 2.75) is 32.1 Å². The molecule has 2 aromatic heterocycles. The molecular formula is C24H14Cl4N2O6S4. The molecule has 0 unspecified atom stereocenters. The van der Waals surface area contributed by atoms with Gasteiger partial charge >= 0.3 is 0 Å². The number of Topliss-reactive ketones (excluding diaryl/α,β-unsaturated/α-hetero) is 2. The number of carbonyl (C=O) groups excluding carboxylic acids is 2. The highest BCUT2D eigenvalue weighted by Gasteiger charge is 2.24. The molecule has 4 rings (SSSR count). The molecule has 0 bridgehead atoms. The maximum absolute atomic E-state index is 11.3. The van der Waals surface area contributed by atoms with Gasteiger partial charge in [-0.3, -0.25) is 29.8 Å². The Kier molecular flexibility index (Phi) is 11.4. The number of halogens is 4. The number of carbonyl (C=O) groups is 2. The van der Waals surface area contributed by atoms with Gasteiger partial charge in [-0.05, 0) is 38.1 Å². The molecule has 40 heavy (non-hydrogen) atoms. The van der Waals surface area contributed by atoms with Crippen molar-refractivity contribution in [1.29, 1.82) is 0 Å². The van der Waals surface area contributed by atoms with E-state index in [1.165, 1.54) is 26.0 Å². The molecule has 0 atom stereocenters. The fourth-order valence-corrected chi connectivity index (χ4v) is 8.23. The Labute approximate surface area is 263 Å². The van der Waals surface area contributed by atoms with Crippen LogP contribution in [0.25, 0.3) is 0 Å². The number of nitro groups is 2. The van der Waals surface area contributed by atoms with Crippen molar-refractivity contribution >= 4 is 116 Å². The minimum absolute atomic E-state index is 0.0961. The summed E-state index contributed by atoms with van der Waals surface area (Å²) in [6, 6.07) is 12.7. The maximum atomic E-state index is 11.3. The van der Waals surface area contributed by atoms with Crippen molar-refractivity contribution in [3.63, 3.8) is 0 Å². The highest BCUT2D eigenvalue weighted by atomic mass is 35.5. The minimum atomic E-state index is -0.510. The predicted octanol–water partition coefficient (Wildman–Crippen LogP) is 10.6. The first kappa shape index (κ1) is 32.4. The Morgan fingerprint density at radius 2 is 1.05 bits per heavy atom. The molecule has 0 aliphatic carbocycles. The molecule has 0 aliphatic rings. The molecule has 4 aromatic rings. The molecule has 2 heterocycles. The molecule has 0 spiro atoms. The van der Waals surface area contributed by atoms with Crippen LogP contribution in [0.2, 0.25) is 20.1 Å². The Morgan fingerprint density at radius 3 is 1.35 bits per heavy atom. The van der Waals surface area contributed by atoms with Crippen LogP contribution < -0.4 is 0 Å². The zero-order chi connectivity index (χ0) is 29.7. The third kappa shape index (κ3) is 7.98. The smallest absolute Gasteiger partial charge is 0.294 e. The van der Waals surface area contributed by atoms with Crippen molar-refractivity contribution in [2.75, 3.05) is 0 Å². The molecular weight excluding hydrogens is 682 g/mol. The Balaban J connectivity index is 0.000000220. The zero-order valence-electron chi connectivity index (χ0n) is 20.1. The molecule has 208 valence electrons. The van der Waals surface area contributed by atoms with E-state index in [1.807, 2.05) is 0 Å². The maximum Gasteiger partial charge on any atom is 0.294 e. The number of benzene rings is 2. The van der Waals surface area contributed by atoms with Crippen molar-refractivity contribution in [2.24, 2.45) is 0 Å². The number of nitrogens with zero attached hydrogens (tertiary/aromatic N) is 2. The van der Waals surface area contributed by atoms with Gasteiger partial charge in [0, 0.05) is 21.9 Å². The van der Waals surface area contributed by atoms with Crippen LogP contribution in [0, 0.1) is 20.2 Å². The summed E-state index contributed by atoms with van der Waals surface area (Å²) in [6.45, 7) is 2.74. The van der Waals surface area contributed by atoms with E-state index in [9.17, 15) is 29.8 Å². The van der Waals surface area contributed by atoms with E-state index < -0.39 is 9.85 Å². The van der Waals surface area contributed by atoms with Gasteiger partial charge in [0.25, 0.3) is 11.4 Å². The fraction of sp³-hybridized carbons (Fsp3) is 0.0833. The number of rotatable bonds is 8. The molecule has 0 amide bonds. The minimum Gasteiger partial charge on any atom is -0.294 e. The van der Waals surface area contributed by atoms with Crippen molar-refractivity contribution in [3.8, 4) is 0 Å². The lowest BCUT2D eigenvalue weighted by molar-refractivity contribution is -0.387. The summed E-state index contributed by atoms with van der Waals surface area (Å²) >= 11 is 28.3. The van der Waals surface area contributed by atoms with Gasteiger partial charge in [0.2, 0.25) is 0 Å². The first-order valence-electron chi connectivity index (χ1n) is 10.6. The van der Waals surface area contributed by atoms with Gasteiger partial charge in [-0.25, -0.2) is 0 Å². The highest BCUT2D eigenvalue weighted by molar-refractivity contribution is 8.01. The average Bonchev–Trinajstić information content (AvgIpc) is 3.50. The van der Waals surface area contributed by atoms with Gasteiger partial charge in [-0.2, -0.15) is 0 Å². The summed E-state index contributed by atoms with van der Waals surface area (Å²) in [5, 5.41) is 23.5. The lowest BCUT2D eigenvalue weighted by atomic mass is 10.3. The van der Waals surface area contributed by atoms with Crippen LogP contribution in [0.15, 0.2) is 66.7 Å². The van der Waals surface area contributed by atoms with Gasteiger partial charge in [-0.1, -0.05) is 82.1 Å². The Hall–Kier alpha value is -2.16. The number of thiophene rings is 2. The van der Waals surface area contributed by atoms with Crippen molar-refractivity contribution in [3.05, 3.63) is 98.6 Å². The molecule has 16 heteroatoms. The molecule has 0 aliphatic heterocycles.